The normalized spacial score (nSPS) is 18.1. The van der Waals surface area contributed by atoms with Crippen LogP contribution in [0.25, 0.3) is 0 Å². The highest BCUT2D eigenvalue weighted by Gasteiger charge is 2.16. The third-order valence-corrected chi connectivity index (χ3v) is 3.51. The first-order valence-corrected chi connectivity index (χ1v) is 6.90. The third kappa shape index (κ3) is 3.77. The average molecular weight is 248 g/mol. The van der Waals surface area contributed by atoms with Gasteiger partial charge in [0.05, 0.1) is 5.69 Å². The Kier molecular flexibility index (Phi) is 5.11. The highest BCUT2D eigenvalue weighted by atomic mass is 15.3. The molecule has 1 fully saturated rings. The summed E-state index contributed by atoms with van der Waals surface area (Å²) in [5, 5.41) is 0. The Morgan fingerprint density at radius 3 is 2.44 bits per heavy atom. The van der Waals surface area contributed by atoms with E-state index in [4.69, 9.17) is 5.73 Å². The van der Waals surface area contributed by atoms with Gasteiger partial charge in [0.1, 0.15) is 0 Å². The van der Waals surface area contributed by atoms with Crippen LogP contribution in [0.15, 0.2) is 18.3 Å². The van der Waals surface area contributed by atoms with Gasteiger partial charge in [0.2, 0.25) is 0 Å². The maximum Gasteiger partial charge on any atom is 0.0544 e. The molecule has 0 spiro atoms. The second-order valence-corrected chi connectivity index (χ2v) is 4.98. The topological polar surface area (TPSA) is 45.4 Å². The fraction of sp³-hybridized carbons (Fsp3) is 0.643. The molecule has 0 bridgehead atoms. The van der Waals surface area contributed by atoms with E-state index in [1.54, 1.807) is 0 Å². The molecule has 1 aliphatic heterocycles. The van der Waals surface area contributed by atoms with Crippen molar-refractivity contribution < 1.29 is 0 Å². The summed E-state index contributed by atoms with van der Waals surface area (Å²) in [5.74, 6) is 0. The van der Waals surface area contributed by atoms with Crippen molar-refractivity contribution in [2.24, 2.45) is 5.73 Å². The lowest BCUT2D eigenvalue weighted by Crippen LogP contribution is -2.46. The van der Waals surface area contributed by atoms with E-state index < -0.39 is 0 Å². The van der Waals surface area contributed by atoms with Gasteiger partial charge >= 0.3 is 0 Å². The number of aromatic nitrogens is 1. The van der Waals surface area contributed by atoms with Crippen molar-refractivity contribution >= 4 is 0 Å². The molecule has 100 valence electrons. The van der Waals surface area contributed by atoms with Crippen LogP contribution in [0.1, 0.15) is 24.6 Å². The molecule has 18 heavy (non-hydrogen) atoms. The van der Waals surface area contributed by atoms with Gasteiger partial charge < -0.3 is 10.6 Å². The van der Waals surface area contributed by atoms with Crippen LogP contribution in [0.5, 0.6) is 0 Å². The Balaban J connectivity index is 1.80. The summed E-state index contributed by atoms with van der Waals surface area (Å²) in [6, 6.07) is 4.18. The van der Waals surface area contributed by atoms with E-state index in [0.29, 0.717) is 6.54 Å². The highest BCUT2D eigenvalue weighted by molar-refractivity contribution is 5.13. The summed E-state index contributed by atoms with van der Waals surface area (Å²) in [6.07, 6.45) is 3.14. The minimum Gasteiger partial charge on any atom is -0.326 e. The van der Waals surface area contributed by atoms with Gasteiger partial charge in [-0.1, -0.05) is 13.0 Å². The molecule has 0 aromatic carbocycles. The lowest BCUT2D eigenvalue weighted by molar-refractivity contribution is 0.126. The number of hydrogen-bond acceptors (Lipinski definition) is 4. The Hall–Kier alpha value is -0.970. The number of piperazine rings is 1. The van der Waals surface area contributed by atoms with Crippen LogP contribution < -0.4 is 5.73 Å². The molecular weight excluding hydrogens is 224 g/mol. The Morgan fingerprint density at radius 2 is 1.89 bits per heavy atom. The van der Waals surface area contributed by atoms with Crippen molar-refractivity contribution in [3.63, 3.8) is 0 Å². The van der Waals surface area contributed by atoms with Crippen LogP contribution >= 0.6 is 0 Å². The first-order chi connectivity index (χ1) is 8.81. The van der Waals surface area contributed by atoms with Crippen molar-refractivity contribution in [2.75, 3.05) is 32.7 Å². The minimum absolute atomic E-state index is 0.572. The number of hydrogen-bond donors (Lipinski definition) is 1. The molecule has 2 rings (SSSR count). The summed E-state index contributed by atoms with van der Waals surface area (Å²) in [4.78, 5) is 9.49. The summed E-state index contributed by atoms with van der Waals surface area (Å²) in [7, 11) is 0. The van der Waals surface area contributed by atoms with E-state index in [1.807, 2.05) is 6.20 Å². The van der Waals surface area contributed by atoms with E-state index >= 15 is 0 Å². The molecule has 1 aliphatic rings. The summed E-state index contributed by atoms with van der Waals surface area (Å²) in [5.41, 5.74) is 7.82. The van der Waals surface area contributed by atoms with E-state index in [2.05, 4.69) is 33.8 Å². The second kappa shape index (κ2) is 6.83. The maximum atomic E-state index is 5.57. The summed E-state index contributed by atoms with van der Waals surface area (Å²) < 4.78 is 0. The molecule has 0 saturated carbocycles. The van der Waals surface area contributed by atoms with E-state index in [0.717, 1.165) is 30.9 Å². The number of pyridine rings is 1. The first-order valence-electron chi connectivity index (χ1n) is 6.90. The number of rotatable bonds is 5. The highest BCUT2D eigenvalue weighted by Crippen LogP contribution is 2.07. The standard InChI is InChI=1S/C14H24N4/c1-2-5-17-6-8-18(9-7-17)12-14-4-3-13(10-15)11-16-14/h3-4,11H,2,5-10,12,15H2,1H3. The van der Waals surface area contributed by atoms with Gasteiger partial charge in [-0.05, 0) is 24.6 Å². The molecule has 0 amide bonds. The first kappa shape index (κ1) is 13.5. The van der Waals surface area contributed by atoms with Gasteiger partial charge in [-0.15, -0.1) is 0 Å². The Bertz CT molecular complexity index is 341. The van der Waals surface area contributed by atoms with Gasteiger partial charge in [-0.2, -0.15) is 0 Å². The zero-order chi connectivity index (χ0) is 12.8. The van der Waals surface area contributed by atoms with Crippen LogP contribution in [-0.4, -0.2) is 47.5 Å². The van der Waals surface area contributed by atoms with Crippen LogP contribution in [0.3, 0.4) is 0 Å². The molecule has 2 N–H and O–H groups in total. The zero-order valence-electron chi connectivity index (χ0n) is 11.3. The fourth-order valence-corrected chi connectivity index (χ4v) is 2.39. The van der Waals surface area contributed by atoms with Gasteiger partial charge in [-0.3, -0.25) is 9.88 Å². The lowest BCUT2D eigenvalue weighted by Gasteiger charge is -2.34. The van der Waals surface area contributed by atoms with E-state index in [1.165, 1.54) is 26.1 Å². The van der Waals surface area contributed by atoms with Crippen LogP contribution in [0, 0.1) is 0 Å². The fourth-order valence-electron chi connectivity index (χ4n) is 2.39. The quantitative estimate of drug-likeness (QED) is 0.846. The van der Waals surface area contributed by atoms with Crippen LogP contribution in [0.2, 0.25) is 0 Å². The molecule has 4 nitrogen and oxygen atoms in total. The molecule has 2 heterocycles. The molecule has 0 aliphatic carbocycles. The maximum absolute atomic E-state index is 5.57. The summed E-state index contributed by atoms with van der Waals surface area (Å²) in [6.45, 7) is 9.70. The molecule has 1 aromatic heterocycles. The predicted octanol–water partition coefficient (Wildman–Crippen LogP) is 1.07. The van der Waals surface area contributed by atoms with E-state index in [-0.39, 0.29) is 0 Å². The van der Waals surface area contributed by atoms with Crippen molar-refractivity contribution in [3.8, 4) is 0 Å². The van der Waals surface area contributed by atoms with Crippen LogP contribution in [0.4, 0.5) is 0 Å². The van der Waals surface area contributed by atoms with Crippen molar-refractivity contribution in [1.29, 1.82) is 0 Å². The molecular formula is C14H24N4. The third-order valence-electron chi connectivity index (χ3n) is 3.51. The molecule has 0 atom stereocenters. The van der Waals surface area contributed by atoms with Crippen LogP contribution in [-0.2, 0) is 13.1 Å². The van der Waals surface area contributed by atoms with Crippen molar-refractivity contribution in [2.45, 2.75) is 26.4 Å². The SMILES string of the molecule is CCCN1CCN(Cc2ccc(CN)cn2)CC1. The largest absolute Gasteiger partial charge is 0.326 e. The van der Waals surface area contributed by atoms with Gasteiger partial charge in [0.15, 0.2) is 0 Å². The minimum atomic E-state index is 0.572. The lowest BCUT2D eigenvalue weighted by atomic mass is 10.2. The zero-order valence-corrected chi connectivity index (χ0v) is 11.3. The van der Waals surface area contributed by atoms with Crippen molar-refractivity contribution in [3.05, 3.63) is 29.6 Å². The number of nitrogens with zero attached hydrogens (tertiary/aromatic N) is 3. The molecule has 4 heteroatoms. The Labute approximate surface area is 110 Å². The molecule has 1 aromatic rings. The second-order valence-electron chi connectivity index (χ2n) is 4.98. The smallest absolute Gasteiger partial charge is 0.0544 e. The van der Waals surface area contributed by atoms with E-state index in [9.17, 15) is 0 Å². The molecule has 0 radical (unpaired) electrons. The molecule has 1 saturated heterocycles. The van der Waals surface area contributed by atoms with Crippen molar-refractivity contribution in [1.82, 2.24) is 14.8 Å². The molecule has 0 unspecified atom stereocenters. The average Bonchev–Trinajstić information content (AvgIpc) is 2.42. The van der Waals surface area contributed by atoms with Gasteiger partial charge in [0.25, 0.3) is 0 Å². The predicted molar refractivity (Wildman–Crippen MR) is 74.1 cm³/mol. The number of nitrogens with two attached hydrogens (primary N) is 1. The summed E-state index contributed by atoms with van der Waals surface area (Å²) >= 11 is 0. The van der Waals surface area contributed by atoms with Gasteiger partial charge in [0, 0.05) is 45.5 Å². The van der Waals surface area contributed by atoms with Gasteiger partial charge in [-0.25, -0.2) is 0 Å². The monoisotopic (exact) mass is 248 g/mol. The Morgan fingerprint density at radius 1 is 1.17 bits per heavy atom.